The number of carbonyl (C=O) groups excluding carboxylic acids is 1. The molecule has 3 aromatic rings. The number of carbonyl (C=O) groups is 1. The van der Waals surface area contributed by atoms with Crippen molar-refractivity contribution in [1.29, 1.82) is 0 Å². The zero-order valence-electron chi connectivity index (χ0n) is 18.1. The number of aromatic amines is 1. The predicted octanol–water partition coefficient (Wildman–Crippen LogP) is 3.35. The van der Waals surface area contributed by atoms with Crippen molar-refractivity contribution in [2.45, 2.75) is 58.7 Å². The second-order valence-electron chi connectivity index (χ2n) is 8.99. The van der Waals surface area contributed by atoms with E-state index < -0.39 is 0 Å². The van der Waals surface area contributed by atoms with Crippen LogP contribution < -0.4 is 5.56 Å². The summed E-state index contributed by atoms with van der Waals surface area (Å²) in [7, 11) is 0. The molecule has 2 aliphatic heterocycles. The van der Waals surface area contributed by atoms with Crippen LogP contribution in [0.25, 0.3) is 5.65 Å². The van der Waals surface area contributed by atoms with Crippen LogP contribution in [-0.4, -0.2) is 43.4 Å². The fourth-order valence-corrected chi connectivity index (χ4v) is 5.58. The highest BCUT2D eigenvalue weighted by Gasteiger charge is 2.31. The molecule has 5 heterocycles. The molecule has 31 heavy (non-hydrogen) atoms. The Morgan fingerprint density at radius 1 is 1.32 bits per heavy atom. The largest absolute Gasteiger partial charge is 0.334 e. The molecule has 7 nitrogen and oxygen atoms in total. The molecule has 8 heteroatoms. The highest BCUT2D eigenvalue weighted by atomic mass is 32.1. The van der Waals surface area contributed by atoms with Gasteiger partial charge in [0.25, 0.3) is 5.56 Å². The summed E-state index contributed by atoms with van der Waals surface area (Å²) in [6.07, 6.45) is 3.81. The normalized spacial score (nSPS) is 19.8. The maximum absolute atomic E-state index is 13.3. The fraction of sp³-hybridized carbons (Fsp3) is 0.522. The number of hydrogen-bond acceptors (Lipinski definition) is 5. The van der Waals surface area contributed by atoms with Gasteiger partial charge in [0, 0.05) is 49.5 Å². The monoisotopic (exact) mass is 439 g/mol. The topological polar surface area (TPSA) is 73.7 Å². The van der Waals surface area contributed by atoms with Crippen molar-refractivity contribution in [3.05, 3.63) is 55.8 Å². The SMILES string of the molecule is CC(C)C(=O)N1CCCCC1c1cc2nc3c(c(=O)n2[nH]1)CN(Cc1cccs1)CC3. The minimum absolute atomic E-state index is 0.0142. The van der Waals surface area contributed by atoms with Gasteiger partial charge in [-0.3, -0.25) is 19.6 Å². The second-order valence-corrected chi connectivity index (χ2v) is 10.0. The van der Waals surface area contributed by atoms with Crippen LogP contribution in [0.15, 0.2) is 28.4 Å². The Hall–Kier alpha value is -2.45. The third-order valence-electron chi connectivity index (χ3n) is 6.46. The number of H-pyrrole nitrogens is 1. The molecule has 3 aromatic heterocycles. The first-order chi connectivity index (χ1) is 15.0. The van der Waals surface area contributed by atoms with Crippen molar-refractivity contribution >= 4 is 22.9 Å². The zero-order valence-corrected chi connectivity index (χ0v) is 19.0. The standard InChI is InChI=1S/C23H29N5O2S/c1-15(2)22(29)27-9-4-3-7-20(27)19-12-21-24-18-8-10-26(13-16-6-5-11-31-16)14-17(18)23(30)28(21)25-19/h5-6,11-12,15,20,25H,3-4,7-10,13-14H2,1-2H3. The number of nitrogens with one attached hydrogen (secondary N) is 1. The van der Waals surface area contributed by atoms with E-state index in [0.717, 1.165) is 62.3 Å². The van der Waals surface area contributed by atoms with Gasteiger partial charge in [0.2, 0.25) is 5.91 Å². The van der Waals surface area contributed by atoms with E-state index in [9.17, 15) is 9.59 Å². The molecular formula is C23H29N5O2S. The van der Waals surface area contributed by atoms with E-state index in [-0.39, 0.29) is 23.4 Å². The van der Waals surface area contributed by atoms with Crippen LogP contribution in [0.5, 0.6) is 0 Å². The third-order valence-corrected chi connectivity index (χ3v) is 7.32. The quantitative estimate of drug-likeness (QED) is 0.677. The summed E-state index contributed by atoms with van der Waals surface area (Å²) in [5.74, 6) is 0.139. The molecule has 1 fully saturated rings. The van der Waals surface area contributed by atoms with Gasteiger partial charge in [0.1, 0.15) is 0 Å². The Morgan fingerprint density at radius 3 is 2.97 bits per heavy atom. The Labute approximate surface area is 185 Å². The number of amides is 1. The molecule has 2 aliphatic rings. The molecular weight excluding hydrogens is 410 g/mol. The molecule has 1 atom stereocenters. The Bertz CT molecular complexity index is 1150. The lowest BCUT2D eigenvalue weighted by molar-refractivity contribution is -0.138. The Morgan fingerprint density at radius 2 is 2.19 bits per heavy atom. The molecule has 0 aliphatic carbocycles. The van der Waals surface area contributed by atoms with Gasteiger partial charge in [-0.05, 0) is 30.7 Å². The van der Waals surface area contributed by atoms with Crippen molar-refractivity contribution in [2.24, 2.45) is 5.92 Å². The first kappa shape index (κ1) is 20.5. The van der Waals surface area contributed by atoms with E-state index in [1.54, 1.807) is 15.9 Å². The van der Waals surface area contributed by atoms with Crippen molar-refractivity contribution in [1.82, 2.24) is 24.4 Å². The average Bonchev–Trinajstić information content (AvgIpc) is 3.44. The summed E-state index contributed by atoms with van der Waals surface area (Å²) in [4.78, 5) is 36.5. The van der Waals surface area contributed by atoms with Crippen LogP contribution >= 0.6 is 11.3 Å². The van der Waals surface area contributed by atoms with Gasteiger partial charge < -0.3 is 4.90 Å². The molecule has 1 amide bonds. The van der Waals surface area contributed by atoms with Crippen LogP contribution in [-0.2, 0) is 24.3 Å². The number of aromatic nitrogens is 3. The van der Waals surface area contributed by atoms with E-state index >= 15 is 0 Å². The van der Waals surface area contributed by atoms with Gasteiger partial charge in [0.15, 0.2) is 5.65 Å². The van der Waals surface area contributed by atoms with Crippen LogP contribution in [0.3, 0.4) is 0 Å². The summed E-state index contributed by atoms with van der Waals surface area (Å²) in [6.45, 7) is 7.06. The number of fused-ring (bicyclic) bond motifs is 2. The summed E-state index contributed by atoms with van der Waals surface area (Å²) < 4.78 is 1.58. The Kier molecular flexibility index (Phi) is 5.44. The molecule has 1 unspecified atom stereocenters. The van der Waals surface area contributed by atoms with Gasteiger partial charge in [-0.1, -0.05) is 19.9 Å². The van der Waals surface area contributed by atoms with Gasteiger partial charge in [-0.2, -0.15) is 0 Å². The zero-order chi connectivity index (χ0) is 21.5. The number of rotatable bonds is 4. The number of likely N-dealkylation sites (tertiary alicyclic amines) is 1. The van der Waals surface area contributed by atoms with Crippen LogP contribution in [0.4, 0.5) is 0 Å². The summed E-state index contributed by atoms with van der Waals surface area (Å²) in [5.41, 5.74) is 3.26. The van der Waals surface area contributed by atoms with E-state index in [1.165, 1.54) is 4.88 Å². The molecule has 0 aromatic carbocycles. The van der Waals surface area contributed by atoms with Gasteiger partial charge in [-0.25, -0.2) is 9.50 Å². The van der Waals surface area contributed by atoms with Crippen molar-refractivity contribution in [3.8, 4) is 0 Å². The molecule has 1 N–H and O–H groups in total. The minimum atomic E-state index is -0.0348. The summed E-state index contributed by atoms with van der Waals surface area (Å²) in [5, 5.41) is 5.39. The molecule has 0 radical (unpaired) electrons. The lowest BCUT2D eigenvalue weighted by atomic mass is 9.97. The Balaban J connectivity index is 1.46. The molecule has 1 saturated heterocycles. The van der Waals surface area contributed by atoms with Crippen molar-refractivity contribution in [2.75, 3.05) is 13.1 Å². The van der Waals surface area contributed by atoms with Crippen LogP contribution in [0.2, 0.25) is 0 Å². The highest BCUT2D eigenvalue weighted by Crippen LogP contribution is 2.32. The van der Waals surface area contributed by atoms with Crippen molar-refractivity contribution < 1.29 is 4.79 Å². The van der Waals surface area contributed by atoms with Gasteiger partial charge >= 0.3 is 0 Å². The van der Waals surface area contributed by atoms with E-state index in [2.05, 4.69) is 27.5 Å². The third kappa shape index (κ3) is 3.83. The van der Waals surface area contributed by atoms with Gasteiger partial charge in [0.05, 0.1) is 23.0 Å². The number of piperidine rings is 1. The maximum Gasteiger partial charge on any atom is 0.277 e. The van der Waals surface area contributed by atoms with E-state index in [1.807, 2.05) is 24.8 Å². The molecule has 0 bridgehead atoms. The molecule has 0 saturated carbocycles. The van der Waals surface area contributed by atoms with Crippen molar-refractivity contribution in [3.63, 3.8) is 0 Å². The molecule has 0 spiro atoms. The first-order valence-corrected chi connectivity index (χ1v) is 12.1. The van der Waals surface area contributed by atoms with E-state index in [4.69, 9.17) is 4.98 Å². The summed E-state index contributed by atoms with van der Waals surface area (Å²) in [6, 6.07) is 6.16. The van der Waals surface area contributed by atoms with E-state index in [0.29, 0.717) is 12.2 Å². The lowest BCUT2D eigenvalue weighted by Gasteiger charge is -2.36. The van der Waals surface area contributed by atoms with Crippen LogP contribution in [0.1, 0.15) is 61.0 Å². The first-order valence-electron chi connectivity index (χ1n) is 11.2. The molecule has 5 rings (SSSR count). The summed E-state index contributed by atoms with van der Waals surface area (Å²) >= 11 is 1.75. The fourth-order valence-electron chi connectivity index (χ4n) is 4.83. The number of hydrogen-bond donors (Lipinski definition) is 1. The minimum Gasteiger partial charge on any atom is -0.334 e. The number of nitrogens with zero attached hydrogens (tertiary/aromatic N) is 4. The van der Waals surface area contributed by atoms with Gasteiger partial charge in [-0.15, -0.1) is 11.3 Å². The van der Waals surface area contributed by atoms with Crippen LogP contribution in [0, 0.1) is 5.92 Å². The second kappa shape index (κ2) is 8.24. The average molecular weight is 440 g/mol. The predicted molar refractivity (Wildman–Crippen MR) is 121 cm³/mol. The maximum atomic E-state index is 13.3. The molecule has 164 valence electrons. The smallest absolute Gasteiger partial charge is 0.277 e. The highest BCUT2D eigenvalue weighted by molar-refractivity contribution is 7.09. The number of thiophene rings is 1. The lowest BCUT2D eigenvalue weighted by Crippen LogP contribution is -2.41.